The Hall–Kier alpha value is -4.38. The summed E-state index contributed by atoms with van der Waals surface area (Å²) < 4.78 is 15.7. The highest BCUT2D eigenvalue weighted by atomic mass is 16.5. The average Bonchev–Trinajstić information content (AvgIpc) is 3.27. The van der Waals surface area contributed by atoms with Crippen LogP contribution in [0.4, 0.5) is 11.4 Å². The summed E-state index contributed by atoms with van der Waals surface area (Å²) in [6, 6.07) is 10.4. The van der Waals surface area contributed by atoms with Gasteiger partial charge in [-0.15, -0.1) is 0 Å². The Labute approximate surface area is 227 Å². The number of aliphatic imine (C=N–C) groups is 2. The number of nitrogens with one attached hydrogen (secondary N) is 3. The van der Waals surface area contributed by atoms with Gasteiger partial charge < -0.3 is 24.8 Å². The Bertz CT molecular complexity index is 1350. The van der Waals surface area contributed by atoms with Gasteiger partial charge in [-0.05, 0) is 62.2 Å². The zero-order valence-electron chi connectivity index (χ0n) is 23.0. The topological polar surface area (TPSA) is 126 Å². The number of anilines is 1. The number of ether oxygens (including phenoxy) is 3. The van der Waals surface area contributed by atoms with E-state index in [4.69, 9.17) is 19.2 Å². The fraction of sp³-hybridized carbons (Fsp3) is 0.357. The largest absolute Gasteiger partial charge is 0.493 e. The lowest BCUT2D eigenvalue weighted by atomic mass is 10.0. The summed E-state index contributed by atoms with van der Waals surface area (Å²) >= 11 is 0. The SMILES string of the molecule is COC[C@H](C)NC(=O)C1CN2NC=NC(=Nc3cc(NC(=O)c4ccc(OC)c(OC)c4)ccc3C)C2=C1C. The number of aryl methyl sites for hydroxylation is 1. The van der Waals surface area contributed by atoms with Crippen molar-refractivity contribution in [3.63, 3.8) is 0 Å². The number of amidine groups is 1. The van der Waals surface area contributed by atoms with E-state index in [0.717, 1.165) is 16.8 Å². The average molecular weight is 535 g/mol. The molecule has 0 aromatic heterocycles. The van der Waals surface area contributed by atoms with Crippen molar-refractivity contribution in [3.05, 3.63) is 58.8 Å². The molecule has 0 spiro atoms. The number of nitrogens with zero attached hydrogens (tertiary/aromatic N) is 3. The number of rotatable bonds is 9. The summed E-state index contributed by atoms with van der Waals surface area (Å²) in [4.78, 5) is 35.2. The second kappa shape index (κ2) is 12.0. The highest BCUT2D eigenvalue weighted by Gasteiger charge is 2.37. The van der Waals surface area contributed by atoms with E-state index in [-0.39, 0.29) is 23.8 Å². The number of hydrogen-bond donors (Lipinski definition) is 3. The number of carbonyl (C=O) groups excluding carboxylic acids is 2. The number of fused-ring (bicyclic) bond motifs is 1. The van der Waals surface area contributed by atoms with Crippen LogP contribution in [0.3, 0.4) is 0 Å². The van der Waals surface area contributed by atoms with Gasteiger partial charge in [0.05, 0.1) is 39.0 Å². The maximum absolute atomic E-state index is 13.0. The first-order valence-electron chi connectivity index (χ1n) is 12.5. The molecule has 206 valence electrons. The molecule has 2 aliphatic rings. The van der Waals surface area contributed by atoms with Gasteiger partial charge in [0, 0.05) is 24.4 Å². The van der Waals surface area contributed by atoms with Gasteiger partial charge in [-0.2, -0.15) is 0 Å². The highest BCUT2D eigenvalue weighted by Crippen LogP contribution is 2.32. The van der Waals surface area contributed by atoms with Gasteiger partial charge in [-0.25, -0.2) is 9.98 Å². The van der Waals surface area contributed by atoms with E-state index in [0.29, 0.717) is 47.4 Å². The molecule has 2 amide bonds. The van der Waals surface area contributed by atoms with Crippen LogP contribution in [0.15, 0.2) is 57.7 Å². The molecule has 0 bridgehead atoms. The molecule has 0 radical (unpaired) electrons. The predicted octanol–water partition coefficient (Wildman–Crippen LogP) is 3.20. The van der Waals surface area contributed by atoms with Crippen LogP contribution < -0.4 is 25.5 Å². The number of benzene rings is 2. The molecule has 11 heteroatoms. The molecule has 4 rings (SSSR count). The smallest absolute Gasteiger partial charge is 0.255 e. The van der Waals surface area contributed by atoms with Gasteiger partial charge >= 0.3 is 0 Å². The minimum Gasteiger partial charge on any atom is -0.493 e. The summed E-state index contributed by atoms with van der Waals surface area (Å²) in [5.41, 5.74) is 7.30. The summed E-state index contributed by atoms with van der Waals surface area (Å²) in [5, 5.41) is 7.80. The lowest BCUT2D eigenvalue weighted by Crippen LogP contribution is -2.44. The summed E-state index contributed by atoms with van der Waals surface area (Å²) in [5.74, 6) is 0.769. The van der Waals surface area contributed by atoms with Gasteiger partial charge in [0.25, 0.3) is 5.91 Å². The van der Waals surface area contributed by atoms with Crippen LogP contribution in [0, 0.1) is 12.8 Å². The van der Waals surface area contributed by atoms with Crippen LogP contribution >= 0.6 is 0 Å². The normalized spacial score (nSPS) is 17.9. The maximum Gasteiger partial charge on any atom is 0.255 e. The van der Waals surface area contributed by atoms with Crippen molar-refractivity contribution in [1.82, 2.24) is 15.8 Å². The van der Waals surface area contributed by atoms with Crippen molar-refractivity contribution in [3.8, 4) is 11.5 Å². The number of carbonyl (C=O) groups is 2. The van der Waals surface area contributed by atoms with E-state index in [1.807, 2.05) is 37.9 Å². The van der Waals surface area contributed by atoms with Crippen LogP contribution in [-0.4, -0.2) is 69.5 Å². The number of hydrogen-bond acceptors (Lipinski definition) is 8. The minimum atomic E-state index is -0.355. The number of amides is 2. The first-order chi connectivity index (χ1) is 18.7. The highest BCUT2D eigenvalue weighted by molar-refractivity contribution is 6.07. The molecule has 0 fully saturated rings. The van der Waals surface area contributed by atoms with E-state index in [9.17, 15) is 9.59 Å². The van der Waals surface area contributed by atoms with Crippen molar-refractivity contribution in [1.29, 1.82) is 0 Å². The van der Waals surface area contributed by atoms with Crippen LogP contribution in [0.5, 0.6) is 11.5 Å². The molecule has 2 aliphatic heterocycles. The molecule has 0 saturated carbocycles. The van der Waals surface area contributed by atoms with E-state index < -0.39 is 0 Å². The Morgan fingerprint density at radius 2 is 1.90 bits per heavy atom. The van der Waals surface area contributed by atoms with Crippen molar-refractivity contribution in [2.24, 2.45) is 15.9 Å². The quantitative estimate of drug-likeness (QED) is 0.451. The van der Waals surface area contributed by atoms with E-state index in [2.05, 4.69) is 21.1 Å². The van der Waals surface area contributed by atoms with Crippen LogP contribution in [0.25, 0.3) is 0 Å². The zero-order chi connectivity index (χ0) is 28.1. The fourth-order valence-corrected chi connectivity index (χ4v) is 4.52. The van der Waals surface area contributed by atoms with Crippen molar-refractivity contribution in [2.75, 3.05) is 39.8 Å². The zero-order valence-corrected chi connectivity index (χ0v) is 23.0. The van der Waals surface area contributed by atoms with Crippen molar-refractivity contribution < 1.29 is 23.8 Å². The molecule has 2 heterocycles. The molecule has 0 aliphatic carbocycles. The molecule has 0 saturated heterocycles. The first-order valence-corrected chi connectivity index (χ1v) is 12.5. The third-order valence-corrected chi connectivity index (χ3v) is 6.60. The van der Waals surface area contributed by atoms with E-state index in [1.54, 1.807) is 44.8 Å². The molecule has 2 aromatic rings. The van der Waals surface area contributed by atoms with Crippen LogP contribution in [0.2, 0.25) is 0 Å². The van der Waals surface area contributed by atoms with Gasteiger partial charge in [0.15, 0.2) is 17.3 Å². The number of hydrazine groups is 1. The van der Waals surface area contributed by atoms with Crippen molar-refractivity contribution in [2.45, 2.75) is 26.8 Å². The molecule has 2 atom stereocenters. The van der Waals surface area contributed by atoms with Crippen LogP contribution in [-0.2, 0) is 9.53 Å². The molecular formula is C28H34N6O5. The minimum absolute atomic E-state index is 0.0730. The van der Waals surface area contributed by atoms with Gasteiger partial charge in [0.2, 0.25) is 5.91 Å². The van der Waals surface area contributed by atoms with Gasteiger partial charge in [-0.3, -0.25) is 20.0 Å². The molecule has 1 unspecified atom stereocenters. The van der Waals surface area contributed by atoms with E-state index >= 15 is 0 Å². The Morgan fingerprint density at radius 3 is 2.62 bits per heavy atom. The second-order valence-corrected chi connectivity index (χ2v) is 9.41. The summed E-state index contributed by atoms with van der Waals surface area (Å²) in [6.45, 7) is 6.65. The summed E-state index contributed by atoms with van der Waals surface area (Å²) in [7, 11) is 4.67. The molecule has 11 nitrogen and oxygen atoms in total. The Balaban J connectivity index is 1.58. The lowest BCUT2D eigenvalue weighted by Gasteiger charge is -2.25. The monoisotopic (exact) mass is 534 g/mol. The second-order valence-electron chi connectivity index (χ2n) is 9.41. The molecule has 2 aromatic carbocycles. The van der Waals surface area contributed by atoms with Gasteiger partial charge in [-0.1, -0.05) is 6.07 Å². The fourth-order valence-electron chi connectivity index (χ4n) is 4.52. The summed E-state index contributed by atoms with van der Waals surface area (Å²) in [6.07, 6.45) is 1.56. The van der Waals surface area contributed by atoms with Crippen LogP contribution in [0.1, 0.15) is 29.8 Å². The third kappa shape index (κ3) is 6.04. The number of methoxy groups -OCH3 is 3. The maximum atomic E-state index is 13.0. The van der Waals surface area contributed by atoms with E-state index in [1.165, 1.54) is 7.11 Å². The van der Waals surface area contributed by atoms with Crippen molar-refractivity contribution >= 4 is 35.4 Å². The molecule has 39 heavy (non-hydrogen) atoms. The Morgan fingerprint density at radius 1 is 1.13 bits per heavy atom. The first kappa shape index (κ1) is 27.6. The van der Waals surface area contributed by atoms with Gasteiger partial charge in [0.1, 0.15) is 12.0 Å². The Kier molecular flexibility index (Phi) is 8.50. The molecular weight excluding hydrogens is 500 g/mol. The standard InChI is InChI=1S/C28H34N6O5/c1-16-7-9-20(32-27(35)19-8-10-23(38-5)24(11-19)39-6)12-22(16)33-26-25-18(3)21(13-34(25)30-15-29-26)28(36)31-17(2)14-37-4/h7-12,15,17,21H,13-14H2,1-6H3,(H,31,36)(H,32,35)(H,29,30,33)/t17-,21?/m0/s1. The molecule has 3 N–H and O–H groups in total. The lowest BCUT2D eigenvalue weighted by molar-refractivity contribution is -0.124. The predicted molar refractivity (Wildman–Crippen MR) is 150 cm³/mol. The third-order valence-electron chi connectivity index (χ3n) is 6.60.